The number of ether oxygens (including phenoxy) is 2. The van der Waals surface area contributed by atoms with Gasteiger partial charge in [-0.05, 0) is 81.7 Å². The van der Waals surface area contributed by atoms with E-state index in [0.29, 0.717) is 5.25 Å². The molecule has 0 aromatic rings. The highest BCUT2D eigenvalue weighted by Crippen LogP contribution is 2.44. The van der Waals surface area contributed by atoms with Gasteiger partial charge in [-0.2, -0.15) is 0 Å². The van der Waals surface area contributed by atoms with Crippen molar-refractivity contribution in [3.05, 3.63) is 46.2 Å². The van der Waals surface area contributed by atoms with Gasteiger partial charge in [-0.1, -0.05) is 26.0 Å². The lowest BCUT2D eigenvalue weighted by molar-refractivity contribution is -0.121. The van der Waals surface area contributed by atoms with Crippen LogP contribution in [-0.4, -0.2) is 42.3 Å². The van der Waals surface area contributed by atoms with Crippen molar-refractivity contribution < 1.29 is 14.3 Å². The van der Waals surface area contributed by atoms with E-state index in [0.717, 1.165) is 44.6 Å². The highest BCUT2D eigenvalue weighted by molar-refractivity contribution is 8.01. The summed E-state index contributed by atoms with van der Waals surface area (Å²) < 4.78 is 10.7. The summed E-state index contributed by atoms with van der Waals surface area (Å²) in [5.41, 5.74) is 5.95. The summed E-state index contributed by atoms with van der Waals surface area (Å²) in [7, 11) is 1.77. The molecule has 1 N–H and O–H groups in total. The molecule has 1 atom stereocenters. The summed E-state index contributed by atoms with van der Waals surface area (Å²) in [4.78, 5) is 13.4. The fraction of sp³-hybridized carbons (Fsp3) is 0.654. The quantitative estimate of drug-likeness (QED) is 0.545. The largest absolute Gasteiger partial charge is 0.381 e. The number of amides is 1. The maximum absolute atomic E-state index is 13.4. The molecule has 31 heavy (non-hydrogen) atoms. The molecule has 0 aromatic carbocycles. The molecule has 0 aromatic heterocycles. The molecule has 1 unspecified atom stereocenters. The number of carbonyl (C=O) groups is 1. The van der Waals surface area contributed by atoms with Crippen LogP contribution in [0.4, 0.5) is 0 Å². The van der Waals surface area contributed by atoms with Crippen LogP contribution in [0.5, 0.6) is 0 Å². The molecule has 1 heterocycles. The Morgan fingerprint density at radius 3 is 2.45 bits per heavy atom. The van der Waals surface area contributed by atoms with Gasteiger partial charge in [-0.25, -0.2) is 0 Å². The molecule has 0 bridgehead atoms. The van der Waals surface area contributed by atoms with Gasteiger partial charge in [-0.15, -0.1) is 11.8 Å². The van der Waals surface area contributed by atoms with Gasteiger partial charge < -0.3 is 14.8 Å². The topological polar surface area (TPSA) is 47.6 Å². The molecular weight excluding hydrogens is 406 g/mol. The van der Waals surface area contributed by atoms with Gasteiger partial charge in [0.1, 0.15) is 0 Å². The minimum absolute atomic E-state index is 0.0544. The standard InChI is InChI=1S/C26H39NO3S/c1-17-8-9-19-10-11-21(19)22(25(3,4)18(2)29-7)16-23(17)27-24(28)26(5,6)31-20-12-14-30-15-13-20/h10-11,16,18,20H,8-9,12-15H2,1-7H3,(H,27,28)/b22-16+,23-17-. The smallest absolute Gasteiger partial charge is 0.240 e. The summed E-state index contributed by atoms with van der Waals surface area (Å²) in [5.74, 6) is 0.0745. The van der Waals surface area contributed by atoms with Crippen LogP contribution in [0.15, 0.2) is 46.2 Å². The molecule has 172 valence electrons. The molecule has 1 amide bonds. The van der Waals surface area contributed by atoms with Crippen molar-refractivity contribution in [1.29, 1.82) is 0 Å². The first-order valence-corrected chi connectivity index (χ1v) is 12.4. The fourth-order valence-corrected chi connectivity index (χ4v) is 5.71. The minimum Gasteiger partial charge on any atom is -0.381 e. The van der Waals surface area contributed by atoms with E-state index < -0.39 is 4.75 Å². The summed E-state index contributed by atoms with van der Waals surface area (Å²) in [6.07, 6.45) is 10.7. The first-order valence-electron chi connectivity index (χ1n) is 11.5. The van der Waals surface area contributed by atoms with Gasteiger partial charge in [0.15, 0.2) is 0 Å². The normalized spacial score (nSPS) is 25.7. The second-order valence-corrected chi connectivity index (χ2v) is 11.9. The number of methoxy groups -OCH3 is 1. The molecule has 2 aliphatic carbocycles. The van der Waals surface area contributed by atoms with E-state index in [4.69, 9.17) is 9.47 Å². The van der Waals surface area contributed by atoms with Crippen molar-refractivity contribution in [3.63, 3.8) is 0 Å². The third-order valence-electron chi connectivity index (χ3n) is 7.09. The predicted molar refractivity (Wildman–Crippen MR) is 130 cm³/mol. The van der Waals surface area contributed by atoms with Gasteiger partial charge in [-0.3, -0.25) is 4.79 Å². The van der Waals surface area contributed by atoms with Crippen LogP contribution in [-0.2, 0) is 14.3 Å². The van der Waals surface area contributed by atoms with Gasteiger partial charge in [0.2, 0.25) is 5.91 Å². The van der Waals surface area contributed by atoms with Crippen molar-refractivity contribution in [2.24, 2.45) is 5.41 Å². The average molecular weight is 446 g/mol. The Morgan fingerprint density at radius 1 is 1.19 bits per heavy atom. The summed E-state index contributed by atoms with van der Waals surface area (Å²) in [6.45, 7) is 14.4. The molecule has 3 aliphatic rings. The Balaban J connectivity index is 1.86. The molecule has 1 saturated heterocycles. The molecule has 0 saturated carbocycles. The van der Waals surface area contributed by atoms with Gasteiger partial charge >= 0.3 is 0 Å². The molecule has 5 heteroatoms. The number of thioether (sulfide) groups is 1. The Labute approximate surface area is 192 Å². The van der Waals surface area contributed by atoms with E-state index in [1.165, 1.54) is 22.3 Å². The van der Waals surface area contributed by atoms with E-state index in [2.05, 4.69) is 51.2 Å². The van der Waals surface area contributed by atoms with Crippen LogP contribution in [0.1, 0.15) is 67.2 Å². The zero-order valence-electron chi connectivity index (χ0n) is 20.3. The van der Waals surface area contributed by atoms with Crippen LogP contribution in [0.3, 0.4) is 0 Å². The summed E-state index contributed by atoms with van der Waals surface area (Å²) in [5, 5.41) is 3.78. The van der Waals surface area contributed by atoms with E-state index >= 15 is 0 Å². The monoisotopic (exact) mass is 445 g/mol. The molecule has 3 rings (SSSR count). The van der Waals surface area contributed by atoms with Crippen molar-refractivity contribution in [3.8, 4) is 0 Å². The van der Waals surface area contributed by atoms with Gasteiger partial charge in [0.05, 0.1) is 10.9 Å². The zero-order valence-corrected chi connectivity index (χ0v) is 21.1. The minimum atomic E-state index is -0.498. The first kappa shape index (κ1) is 24.3. The fourth-order valence-electron chi connectivity index (χ4n) is 4.29. The number of allylic oxidation sites excluding steroid dienone is 6. The Bertz CT molecular complexity index is 826. The summed E-state index contributed by atoms with van der Waals surface area (Å²) >= 11 is 1.78. The lowest BCUT2D eigenvalue weighted by Gasteiger charge is -2.38. The van der Waals surface area contributed by atoms with E-state index in [9.17, 15) is 4.79 Å². The SMILES string of the molecule is COC(C)C(C)(C)/C1=C/C(NC(=O)C(C)(C)SC2CCOCC2)=C(\C)CCC2=C1C=C2. The van der Waals surface area contributed by atoms with E-state index in [1.54, 1.807) is 18.9 Å². The van der Waals surface area contributed by atoms with Crippen molar-refractivity contribution >= 4 is 17.7 Å². The number of hydrogen-bond donors (Lipinski definition) is 1. The zero-order chi connectivity index (χ0) is 22.8. The average Bonchev–Trinajstić information content (AvgIpc) is 2.70. The second-order valence-electron chi connectivity index (χ2n) is 10.0. The molecular formula is C26H39NO3S. The lowest BCUT2D eigenvalue weighted by Crippen LogP contribution is -2.41. The van der Waals surface area contributed by atoms with E-state index in [1.807, 2.05) is 13.8 Å². The molecule has 1 aliphatic heterocycles. The maximum atomic E-state index is 13.4. The molecule has 0 radical (unpaired) electrons. The first-order chi connectivity index (χ1) is 14.6. The van der Waals surface area contributed by atoms with Gasteiger partial charge in [0, 0.05) is 36.7 Å². The van der Waals surface area contributed by atoms with Crippen molar-refractivity contribution in [2.75, 3.05) is 20.3 Å². The molecule has 0 spiro atoms. The third kappa shape index (κ3) is 5.37. The van der Waals surface area contributed by atoms with Crippen LogP contribution in [0.2, 0.25) is 0 Å². The number of rotatable bonds is 7. The summed E-state index contributed by atoms with van der Waals surface area (Å²) in [6, 6.07) is 0. The number of hydrogen-bond acceptors (Lipinski definition) is 4. The van der Waals surface area contributed by atoms with Crippen molar-refractivity contribution in [1.82, 2.24) is 5.32 Å². The number of nitrogens with one attached hydrogen (secondary N) is 1. The Kier molecular flexibility index (Phi) is 7.60. The third-order valence-corrected chi connectivity index (χ3v) is 8.67. The number of carbonyl (C=O) groups excluding carboxylic acids is 1. The molecule has 1 fully saturated rings. The Hall–Kier alpha value is -1.30. The van der Waals surface area contributed by atoms with Crippen LogP contribution < -0.4 is 5.32 Å². The van der Waals surface area contributed by atoms with Gasteiger partial charge in [0.25, 0.3) is 0 Å². The van der Waals surface area contributed by atoms with Crippen molar-refractivity contribution in [2.45, 2.75) is 83.3 Å². The Morgan fingerprint density at radius 2 is 1.87 bits per heavy atom. The predicted octanol–water partition coefficient (Wildman–Crippen LogP) is 5.72. The maximum Gasteiger partial charge on any atom is 0.240 e. The lowest BCUT2D eigenvalue weighted by atomic mass is 9.71. The highest BCUT2D eigenvalue weighted by atomic mass is 32.2. The second kappa shape index (κ2) is 9.68. The van der Waals surface area contributed by atoms with Crippen LogP contribution in [0, 0.1) is 5.41 Å². The van der Waals surface area contributed by atoms with Crippen LogP contribution >= 0.6 is 11.8 Å². The van der Waals surface area contributed by atoms with Crippen LogP contribution in [0.25, 0.3) is 0 Å². The van der Waals surface area contributed by atoms with E-state index in [-0.39, 0.29) is 17.4 Å². The molecule has 4 nitrogen and oxygen atoms in total. The highest BCUT2D eigenvalue weighted by Gasteiger charge is 2.36.